The zero-order valence-electron chi connectivity index (χ0n) is 10.8. The molecule has 0 saturated carbocycles. The van der Waals surface area contributed by atoms with E-state index in [9.17, 15) is 4.79 Å². The van der Waals surface area contributed by atoms with E-state index >= 15 is 0 Å². The van der Waals surface area contributed by atoms with Gasteiger partial charge in [-0.1, -0.05) is 29.8 Å². The first-order valence-electron chi connectivity index (χ1n) is 5.77. The SMILES string of the molecule is CN(Cc1ccccc1Cl)C(=O)c1cnn(C)c1N. The molecule has 6 heteroatoms. The molecular formula is C13H15ClN4O. The average molecular weight is 279 g/mol. The third-order valence-corrected chi connectivity index (χ3v) is 3.30. The first-order valence-corrected chi connectivity index (χ1v) is 6.15. The summed E-state index contributed by atoms with van der Waals surface area (Å²) >= 11 is 6.08. The van der Waals surface area contributed by atoms with Crippen LogP contribution in [0.25, 0.3) is 0 Å². The van der Waals surface area contributed by atoms with Crippen molar-refractivity contribution in [3.8, 4) is 0 Å². The smallest absolute Gasteiger partial charge is 0.259 e. The lowest BCUT2D eigenvalue weighted by Crippen LogP contribution is -2.26. The van der Waals surface area contributed by atoms with Gasteiger partial charge in [0, 0.05) is 25.7 Å². The molecule has 2 rings (SSSR count). The summed E-state index contributed by atoms with van der Waals surface area (Å²) in [6, 6.07) is 7.43. The average Bonchev–Trinajstić information content (AvgIpc) is 2.72. The van der Waals surface area contributed by atoms with Crippen molar-refractivity contribution in [1.29, 1.82) is 0 Å². The lowest BCUT2D eigenvalue weighted by Gasteiger charge is -2.17. The van der Waals surface area contributed by atoms with E-state index in [-0.39, 0.29) is 5.91 Å². The lowest BCUT2D eigenvalue weighted by atomic mass is 10.2. The number of anilines is 1. The van der Waals surface area contributed by atoms with E-state index < -0.39 is 0 Å². The molecule has 0 aliphatic heterocycles. The van der Waals surface area contributed by atoms with E-state index in [1.807, 2.05) is 18.2 Å². The summed E-state index contributed by atoms with van der Waals surface area (Å²) in [6.45, 7) is 0.423. The largest absolute Gasteiger partial charge is 0.383 e. The summed E-state index contributed by atoms with van der Waals surface area (Å²) in [5.41, 5.74) is 7.08. The normalized spacial score (nSPS) is 10.5. The van der Waals surface area contributed by atoms with E-state index in [0.717, 1.165) is 5.56 Å². The highest BCUT2D eigenvalue weighted by Gasteiger charge is 2.18. The number of aryl methyl sites for hydroxylation is 1. The molecule has 0 aliphatic carbocycles. The third-order valence-electron chi connectivity index (χ3n) is 2.93. The minimum atomic E-state index is -0.175. The van der Waals surface area contributed by atoms with Gasteiger partial charge in [0.15, 0.2) is 0 Å². The van der Waals surface area contributed by atoms with Crippen molar-refractivity contribution < 1.29 is 4.79 Å². The number of amides is 1. The molecule has 1 aromatic heterocycles. The van der Waals surface area contributed by atoms with Gasteiger partial charge < -0.3 is 10.6 Å². The Kier molecular flexibility index (Phi) is 3.76. The molecule has 1 aromatic carbocycles. The summed E-state index contributed by atoms with van der Waals surface area (Å²) in [7, 11) is 3.40. The highest BCUT2D eigenvalue weighted by atomic mass is 35.5. The Morgan fingerprint density at radius 3 is 2.74 bits per heavy atom. The molecule has 0 saturated heterocycles. The molecule has 2 N–H and O–H groups in total. The predicted octanol–water partition coefficient (Wildman–Crippen LogP) is 1.93. The van der Waals surface area contributed by atoms with Crippen LogP contribution in [0.4, 0.5) is 5.82 Å². The zero-order valence-corrected chi connectivity index (χ0v) is 11.6. The van der Waals surface area contributed by atoms with Gasteiger partial charge in [0.2, 0.25) is 0 Å². The maximum atomic E-state index is 12.2. The Hall–Kier alpha value is -2.01. The van der Waals surface area contributed by atoms with Crippen LogP contribution in [0.1, 0.15) is 15.9 Å². The van der Waals surface area contributed by atoms with Gasteiger partial charge in [0.05, 0.1) is 6.20 Å². The maximum Gasteiger partial charge on any atom is 0.259 e. The van der Waals surface area contributed by atoms with Crippen molar-refractivity contribution in [2.75, 3.05) is 12.8 Å². The van der Waals surface area contributed by atoms with Crippen LogP contribution in [0.3, 0.4) is 0 Å². The van der Waals surface area contributed by atoms with E-state index in [0.29, 0.717) is 22.9 Å². The number of aromatic nitrogens is 2. The predicted molar refractivity (Wildman–Crippen MR) is 74.9 cm³/mol. The number of nitrogens with two attached hydrogens (primary N) is 1. The second kappa shape index (κ2) is 5.32. The topological polar surface area (TPSA) is 64.2 Å². The van der Waals surface area contributed by atoms with E-state index in [2.05, 4.69) is 5.10 Å². The fourth-order valence-electron chi connectivity index (χ4n) is 1.77. The van der Waals surface area contributed by atoms with Gasteiger partial charge in [-0.05, 0) is 11.6 Å². The van der Waals surface area contributed by atoms with Gasteiger partial charge in [0.25, 0.3) is 5.91 Å². The number of hydrogen-bond acceptors (Lipinski definition) is 3. The van der Waals surface area contributed by atoms with Crippen LogP contribution in [0.5, 0.6) is 0 Å². The van der Waals surface area contributed by atoms with Crippen LogP contribution >= 0.6 is 11.6 Å². The van der Waals surface area contributed by atoms with Crippen LogP contribution in [0, 0.1) is 0 Å². The number of rotatable bonds is 3. The van der Waals surface area contributed by atoms with E-state index in [1.165, 1.54) is 10.9 Å². The molecule has 0 fully saturated rings. The first kappa shape index (κ1) is 13.4. The van der Waals surface area contributed by atoms with Gasteiger partial charge in [-0.3, -0.25) is 9.48 Å². The summed E-state index contributed by atoms with van der Waals surface area (Å²) in [4.78, 5) is 13.8. The quantitative estimate of drug-likeness (QED) is 0.933. The number of carbonyl (C=O) groups is 1. The second-order valence-electron chi connectivity index (χ2n) is 4.32. The van der Waals surface area contributed by atoms with Crippen molar-refractivity contribution in [2.24, 2.45) is 7.05 Å². The van der Waals surface area contributed by atoms with Crippen LogP contribution in [0.2, 0.25) is 5.02 Å². The lowest BCUT2D eigenvalue weighted by molar-refractivity contribution is 0.0786. The fourth-order valence-corrected chi connectivity index (χ4v) is 1.97. The zero-order chi connectivity index (χ0) is 14.0. The number of halogens is 1. The molecule has 1 amide bonds. The summed E-state index contributed by atoms with van der Waals surface area (Å²) in [5.74, 6) is 0.182. The monoisotopic (exact) mass is 278 g/mol. The summed E-state index contributed by atoms with van der Waals surface area (Å²) < 4.78 is 1.47. The van der Waals surface area contributed by atoms with Crippen molar-refractivity contribution >= 4 is 23.3 Å². The Morgan fingerprint density at radius 1 is 1.47 bits per heavy atom. The van der Waals surface area contributed by atoms with Crippen LogP contribution in [0.15, 0.2) is 30.5 Å². The van der Waals surface area contributed by atoms with Crippen molar-refractivity contribution in [2.45, 2.75) is 6.54 Å². The molecular weight excluding hydrogens is 264 g/mol. The Labute approximate surface area is 116 Å². The van der Waals surface area contributed by atoms with Crippen molar-refractivity contribution in [3.05, 3.63) is 46.6 Å². The molecule has 0 bridgehead atoms. The Morgan fingerprint density at radius 2 is 2.16 bits per heavy atom. The molecule has 2 aromatic rings. The molecule has 0 atom stereocenters. The standard InChI is InChI=1S/C13H15ClN4O/c1-17(8-9-5-3-4-6-11(9)14)13(19)10-7-16-18(2)12(10)15/h3-7H,8,15H2,1-2H3. The Balaban J connectivity index is 2.17. The third kappa shape index (κ3) is 2.71. The van der Waals surface area contributed by atoms with Crippen molar-refractivity contribution in [1.82, 2.24) is 14.7 Å². The maximum absolute atomic E-state index is 12.2. The van der Waals surface area contributed by atoms with Gasteiger partial charge in [-0.15, -0.1) is 0 Å². The minimum Gasteiger partial charge on any atom is -0.383 e. The van der Waals surface area contributed by atoms with Crippen LogP contribution < -0.4 is 5.73 Å². The number of carbonyl (C=O) groups excluding carboxylic acids is 1. The number of hydrogen-bond donors (Lipinski definition) is 1. The molecule has 5 nitrogen and oxygen atoms in total. The molecule has 19 heavy (non-hydrogen) atoms. The van der Waals surface area contributed by atoms with Crippen LogP contribution in [-0.4, -0.2) is 27.6 Å². The van der Waals surface area contributed by atoms with Gasteiger partial charge >= 0.3 is 0 Å². The number of benzene rings is 1. The van der Waals surface area contributed by atoms with E-state index in [4.69, 9.17) is 17.3 Å². The summed E-state index contributed by atoms with van der Waals surface area (Å²) in [6.07, 6.45) is 1.47. The van der Waals surface area contributed by atoms with Gasteiger partial charge in [-0.2, -0.15) is 5.10 Å². The molecule has 0 radical (unpaired) electrons. The molecule has 0 aliphatic rings. The molecule has 0 spiro atoms. The summed E-state index contributed by atoms with van der Waals surface area (Å²) in [5, 5.41) is 4.60. The van der Waals surface area contributed by atoms with Gasteiger partial charge in [-0.25, -0.2) is 0 Å². The van der Waals surface area contributed by atoms with Crippen molar-refractivity contribution in [3.63, 3.8) is 0 Å². The minimum absolute atomic E-state index is 0.175. The molecule has 0 unspecified atom stereocenters. The Bertz CT molecular complexity index is 608. The first-order chi connectivity index (χ1) is 9.00. The van der Waals surface area contributed by atoms with E-state index in [1.54, 1.807) is 25.1 Å². The molecule has 1 heterocycles. The highest BCUT2D eigenvalue weighted by Crippen LogP contribution is 2.18. The number of nitrogen functional groups attached to an aromatic ring is 1. The molecule has 100 valence electrons. The van der Waals surface area contributed by atoms with Gasteiger partial charge in [0.1, 0.15) is 11.4 Å². The second-order valence-corrected chi connectivity index (χ2v) is 4.73. The number of nitrogens with zero attached hydrogens (tertiary/aromatic N) is 3. The van der Waals surface area contributed by atoms with Crippen LogP contribution in [-0.2, 0) is 13.6 Å². The highest BCUT2D eigenvalue weighted by molar-refractivity contribution is 6.31. The fraction of sp³-hybridized carbons (Fsp3) is 0.231.